The first-order valence-corrected chi connectivity index (χ1v) is 10.2. The molecule has 0 aromatic heterocycles. The standard InChI is InChI=1S/C18H26N4O6S2/c1-9(23)15(21-13(25)7-29)17(27)19-11-4-3-5-12(6-11)20-18(28)16(10(2)24)22-14(26)8-30/h3-6,9-10,15-16,23-24,29-30H,7-8H2,1-2H3,(H,19,27)(H,20,28)(H,21,25)(H,22,26). The van der Waals surface area contributed by atoms with Gasteiger partial charge in [0, 0.05) is 11.4 Å². The second-order valence-corrected chi connectivity index (χ2v) is 7.08. The number of hydrogen-bond acceptors (Lipinski definition) is 8. The minimum atomic E-state index is -1.20. The monoisotopic (exact) mass is 458 g/mol. The molecule has 0 aliphatic carbocycles. The molecule has 4 amide bonds. The van der Waals surface area contributed by atoms with Crippen LogP contribution in [0, 0.1) is 0 Å². The van der Waals surface area contributed by atoms with Gasteiger partial charge in [-0.1, -0.05) is 6.07 Å². The molecule has 0 aliphatic rings. The van der Waals surface area contributed by atoms with Crippen molar-refractivity contribution in [3.8, 4) is 0 Å². The van der Waals surface area contributed by atoms with Gasteiger partial charge in [-0.05, 0) is 32.0 Å². The van der Waals surface area contributed by atoms with Crippen molar-refractivity contribution in [1.29, 1.82) is 0 Å². The molecule has 12 heteroatoms. The maximum atomic E-state index is 12.4. The zero-order chi connectivity index (χ0) is 22.8. The Kier molecular flexibility index (Phi) is 10.7. The first-order valence-electron chi connectivity index (χ1n) is 8.97. The number of carbonyl (C=O) groups is 4. The van der Waals surface area contributed by atoms with Crippen molar-refractivity contribution in [3.05, 3.63) is 24.3 Å². The van der Waals surface area contributed by atoms with E-state index in [1.807, 2.05) is 0 Å². The Bertz CT molecular complexity index is 716. The third-order valence-electron chi connectivity index (χ3n) is 3.85. The highest BCUT2D eigenvalue weighted by molar-refractivity contribution is 7.81. The van der Waals surface area contributed by atoms with Gasteiger partial charge in [-0.25, -0.2) is 0 Å². The summed E-state index contributed by atoms with van der Waals surface area (Å²) in [5.41, 5.74) is 0.577. The first-order chi connectivity index (χ1) is 14.1. The van der Waals surface area contributed by atoms with Gasteiger partial charge in [0.25, 0.3) is 0 Å². The maximum Gasteiger partial charge on any atom is 0.249 e. The highest BCUT2D eigenvalue weighted by atomic mass is 32.1. The smallest absolute Gasteiger partial charge is 0.249 e. The number of anilines is 2. The molecular formula is C18H26N4O6S2. The molecule has 166 valence electrons. The van der Waals surface area contributed by atoms with Crippen molar-refractivity contribution in [1.82, 2.24) is 10.6 Å². The van der Waals surface area contributed by atoms with Crippen molar-refractivity contribution in [2.75, 3.05) is 22.1 Å². The van der Waals surface area contributed by atoms with Crippen molar-refractivity contribution in [2.45, 2.75) is 38.1 Å². The van der Waals surface area contributed by atoms with Gasteiger partial charge in [0.1, 0.15) is 12.1 Å². The van der Waals surface area contributed by atoms with Crippen molar-refractivity contribution >= 4 is 60.3 Å². The van der Waals surface area contributed by atoms with Crippen LogP contribution in [0.15, 0.2) is 24.3 Å². The zero-order valence-corrected chi connectivity index (χ0v) is 18.2. The third kappa shape index (κ3) is 8.22. The van der Waals surface area contributed by atoms with Crippen LogP contribution in [0.4, 0.5) is 11.4 Å². The topological polar surface area (TPSA) is 157 Å². The molecule has 0 saturated carbocycles. The molecule has 10 nitrogen and oxygen atoms in total. The van der Waals surface area contributed by atoms with Crippen LogP contribution in [0.2, 0.25) is 0 Å². The number of carbonyl (C=O) groups excluding carboxylic acids is 4. The Morgan fingerprint density at radius 1 is 0.833 bits per heavy atom. The molecule has 0 spiro atoms. The number of hydrogen-bond donors (Lipinski definition) is 8. The van der Waals surface area contributed by atoms with Gasteiger partial charge in [0.2, 0.25) is 23.6 Å². The zero-order valence-electron chi connectivity index (χ0n) is 16.5. The second-order valence-electron chi connectivity index (χ2n) is 6.45. The molecule has 1 aromatic carbocycles. The van der Waals surface area contributed by atoms with Gasteiger partial charge in [-0.3, -0.25) is 19.2 Å². The van der Waals surface area contributed by atoms with E-state index >= 15 is 0 Å². The molecule has 30 heavy (non-hydrogen) atoms. The van der Waals surface area contributed by atoms with E-state index in [1.54, 1.807) is 18.2 Å². The Balaban J connectivity index is 2.88. The quantitative estimate of drug-likeness (QED) is 0.214. The fourth-order valence-corrected chi connectivity index (χ4v) is 2.55. The van der Waals surface area contributed by atoms with Gasteiger partial charge >= 0.3 is 0 Å². The summed E-state index contributed by atoms with van der Waals surface area (Å²) in [6.07, 6.45) is -2.31. The van der Waals surface area contributed by atoms with E-state index in [0.29, 0.717) is 0 Å². The number of aliphatic hydroxyl groups excluding tert-OH is 2. The van der Waals surface area contributed by atoms with Gasteiger partial charge in [-0.2, -0.15) is 25.3 Å². The summed E-state index contributed by atoms with van der Waals surface area (Å²) in [6.45, 7) is 2.71. The average molecular weight is 459 g/mol. The van der Waals surface area contributed by atoms with Crippen molar-refractivity contribution < 1.29 is 29.4 Å². The summed E-state index contributed by atoms with van der Waals surface area (Å²) in [4.78, 5) is 47.8. The molecular weight excluding hydrogens is 432 g/mol. The van der Waals surface area contributed by atoms with Gasteiger partial charge < -0.3 is 31.5 Å². The summed E-state index contributed by atoms with van der Waals surface area (Å²) in [5, 5.41) is 29.3. The lowest BCUT2D eigenvalue weighted by Gasteiger charge is -2.21. The number of rotatable bonds is 10. The highest BCUT2D eigenvalue weighted by Crippen LogP contribution is 2.16. The fraction of sp³-hybridized carbons (Fsp3) is 0.444. The lowest BCUT2D eigenvalue weighted by molar-refractivity contribution is -0.127. The van der Waals surface area contributed by atoms with Gasteiger partial charge in [-0.15, -0.1) is 0 Å². The van der Waals surface area contributed by atoms with E-state index in [-0.39, 0.29) is 22.9 Å². The molecule has 1 rings (SSSR count). The Morgan fingerprint density at radius 2 is 1.20 bits per heavy atom. The van der Waals surface area contributed by atoms with E-state index in [1.165, 1.54) is 19.9 Å². The minimum Gasteiger partial charge on any atom is -0.391 e. The van der Waals surface area contributed by atoms with Crippen molar-refractivity contribution in [3.63, 3.8) is 0 Å². The lowest BCUT2D eigenvalue weighted by Crippen LogP contribution is -2.50. The van der Waals surface area contributed by atoms with Crippen LogP contribution in [0.1, 0.15) is 13.8 Å². The van der Waals surface area contributed by atoms with Gasteiger partial charge in [0.05, 0.1) is 23.7 Å². The van der Waals surface area contributed by atoms with Crippen LogP contribution in [0.3, 0.4) is 0 Å². The van der Waals surface area contributed by atoms with Crippen LogP contribution in [-0.2, 0) is 19.2 Å². The molecule has 0 radical (unpaired) electrons. The Morgan fingerprint density at radius 3 is 1.50 bits per heavy atom. The van der Waals surface area contributed by atoms with Crippen LogP contribution >= 0.6 is 25.3 Å². The number of amides is 4. The molecule has 6 N–H and O–H groups in total. The molecule has 1 aromatic rings. The van der Waals surface area contributed by atoms with Crippen LogP contribution < -0.4 is 21.3 Å². The molecule has 0 aliphatic heterocycles. The van der Waals surface area contributed by atoms with Gasteiger partial charge in [0.15, 0.2) is 0 Å². The normalized spacial score (nSPS) is 14.6. The van der Waals surface area contributed by atoms with Crippen LogP contribution in [-0.4, -0.2) is 69.6 Å². The van der Waals surface area contributed by atoms with Crippen LogP contribution in [0.5, 0.6) is 0 Å². The Labute approximate surface area is 185 Å². The third-order valence-corrected chi connectivity index (χ3v) is 4.42. The maximum absolute atomic E-state index is 12.4. The van der Waals surface area contributed by atoms with E-state index in [2.05, 4.69) is 46.5 Å². The van der Waals surface area contributed by atoms with E-state index < -0.39 is 47.9 Å². The molecule has 0 heterocycles. The van der Waals surface area contributed by atoms with E-state index in [4.69, 9.17) is 0 Å². The Hall–Kier alpha value is -2.28. The predicted molar refractivity (Wildman–Crippen MR) is 119 cm³/mol. The molecule has 4 unspecified atom stereocenters. The molecule has 0 fully saturated rings. The second kappa shape index (κ2) is 12.4. The summed E-state index contributed by atoms with van der Waals surface area (Å²) in [6, 6.07) is 3.69. The summed E-state index contributed by atoms with van der Waals surface area (Å²) in [5.74, 6) is -2.66. The number of thiol groups is 2. The summed E-state index contributed by atoms with van der Waals surface area (Å²) >= 11 is 7.63. The fourth-order valence-electron chi connectivity index (χ4n) is 2.36. The van der Waals surface area contributed by atoms with E-state index in [0.717, 1.165) is 0 Å². The van der Waals surface area contributed by atoms with E-state index in [9.17, 15) is 29.4 Å². The average Bonchev–Trinajstić information content (AvgIpc) is 2.69. The first kappa shape index (κ1) is 25.8. The number of nitrogens with one attached hydrogen (secondary N) is 4. The largest absolute Gasteiger partial charge is 0.391 e. The number of benzene rings is 1. The summed E-state index contributed by atoms with van der Waals surface area (Å²) in [7, 11) is 0. The minimum absolute atomic E-state index is 0.147. The number of aliphatic hydroxyl groups is 2. The highest BCUT2D eigenvalue weighted by Gasteiger charge is 2.27. The lowest BCUT2D eigenvalue weighted by atomic mass is 10.1. The summed E-state index contributed by atoms with van der Waals surface area (Å²) < 4.78 is 0. The van der Waals surface area contributed by atoms with Crippen LogP contribution in [0.25, 0.3) is 0 Å². The SMILES string of the molecule is CC(O)C(NC(=O)CS)C(=O)Nc1cccc(NC(=O)C(NC(=O)CS)C(C)O)c1. The molecule has 0 bridgehead atoms. The molecule has 4 atom stereocenters. The predicted octanol–water partition coefficient (Wildman–Crippen LogP) is -0.846. The van der Waals surface area contributed by atoms with Crippen molar-refractivity contribution in [2.24, 2.45) is 0 Å². The molecule has 0 saturated heterocycles.